The molecular formula is C20H26N4O4. The van der Waals surface area contributed by atoms with Crippen molar-refractivity contribution in [2.75, 3.05) is 20.3 Å². The van der Waals surface area contributed by atoms with Gasteiger partial charge in [-0.3, -0.25) is 14.3 Å². The molecule has 28 heavy (non-hydrogen) atoms. The molecule has 2 aromatic rings. The highest BCUT2D eigenvalue weighted by molar-refractivity contribution is 5.94. The number of H-pyrrole nitrogens is 1. The Labute approximate surface area is 163 Å². The van der Waals surface area contributed by atoms with Crippen LogP contribution in [-0.4, -0.2) is 51.9 Å². The first-order chi connectivity index (χ1) is 13.5. The molecule has 0 fully saturated rings. The summed E-state index contributed by atoms with van der Waals surface area (Å²) in [6.45, 7) is 6.05. The van der Waals surface area contributed by atoms with Crippen LogP contribution < -0.4 is 5.56 Å². The summed E-state index contributed by atoms with van der Waals surface area (Å²) in [4.78, 5) is 29.8. The molecule has 0 aliphatic carbocycles. The van der Waals surface area contributed by atoms with E-state index in [4.69, 9.17) is 14.6 Å². The van der Waals surface area contributed by atoms with Crippen molar-refractivity contribution in [1.82, 2.24) is 19.7 Å². The first-order valence-corrected chi connectivity index (χ1v) is 9.72. The van der Waals surface area contributed by atoms with Gasteiger partial charge in [0, 0.05) is 50.4 Å². The van der Waals surface area contributed by atoms with Crippen LogP contribution in [0, 0.1) is 0 Å². The summed E-state index contributed by atoms with van der Waals surface area (Å²) in [7, 11) is 1.64. The Kier molecular flexibility index (Phi) is 5.07. The van der Waals surface area contributed by atoms with E-state index in [2.05, 4.69) is 4.98 Å². The number of rotatable bonds is 4. The fraction of sp³-hybridized carbons (Fsp3) is 0.550. The second-order valence-electron chi connectivity index (χ2n) is 7.52. The van der Waals surface area contributed by atoms with Crippen molar-refractivity contribution in [3.05, 3.63) is 50.7 Å². The minimum absolute atomic E-state index is 0.0250. The Morgan fingerprint density at radius 1 is 1.39 bits per heavy atom. The van der Waals surface area contributed by atoms with Crippen LogP contribution >= 0.6 is 0 Å². The van der Waals surface area contributed by atoms with E-state index in [1.807, 2.05) is 24.8 Å². The van der Waals surface area contributed by atoms with E-state index in [0.29, 0.717) is 44.8 Å². The fourth-order valence-electron chi connectivity index (χ4n) is 4.15. The minimum atomic E-state index is -0.138. The third-order valence-corrected chi connectivity index (χ3v) is 5.48. The van der Waals surface area contributed by atoms with Crippen LogP contribution in [-0.2, 0) is 35.4 Å². The van der Waals surface area contributed by atoms with Crippen LogP contribution in [0.25, 0.3) is 0 Å². The highest BCUT2D eigenvalue weighted by Crippen LogP contribution is 2.32. The summed E-state index contributed by atoms with van der Waals surface area (Å²) in [6.07, 6.45) is 1.22. The molecule has 0 radical (unpaired) electrons. The maximum atomic E-state index is 13.5. The van der Waals surface area contributed by atoms with Gasteiger partial charge in [0.25, 0.3) is 5.91 Å². The van der Waals surface area contributed by atoms with Crippen molar-refractivity contribution in [1.29, 1.82) is 0 Å². The molecule has 1 amide bonds. The summed E-state index contributed by atoms with van der Waals surface area (Å²) in [5.41, 5.74) is 4.28. The summed E-state index contributed by atoms with van der Waals surface area (Å²) in [5.74, 6) is -0.0250. The molecule has 4 rings (SSSR count). The van der Waals surface area contributed by atoms with E-state index in [-0.39, 0.29) is 23.7 Å². The van der Waals surface area contributed by atoms with Gasteiger partial charge in [-0.1, -0.05) is 6.07 Å². The topological polar surface area (TPSA) is 89.5 Å². The first-order valence-electron chi connectivity index (χ1n) is 9.72. The minimum Gasteiger partial charge on any atom is -0.383 e. The number of hydrogen-bond acceptors (Lipinski definition) is 5. The molecule has 4 heterocycles. The van der Waals surface area contributed by atoms with Gasteiger partial charge in [-0.05, 0) is 19.4 Å². The lowest BCUT2D eigenvalue weighted by Crippen LogP contribution is -2.39. The highest BCUT2D eigenvalue weighted by atomic mass is 16.5. The largest absolute Gasteiger partial charge is 0.383 e. The quantitative estimate of drug-likeness (QED) is 0.859. The lowest BCUT2D eigenvalue weighted by atomic mass is 9.98. The molecule has 0 bridgehead atoms. The highest BCUT2D eigenvalue weighted by Gasteiger charge is 2.34. The maximum Gasteiger partial charge on any atom is 0.272 e. The molecule has 8 nitrogen and oxygen atoms in total. The molecule has 2 atom stereocenters. The standard InChI is InChI=1S/C20H26N4O4/c1-12-10-15-18(13(2)28-12)22-24(8-9-27-3)19(15)20(26)23-7-6-16-14(11-23)4-5-17(25)21-16/h4-5,12-13H,6-11H2,1-3H3,(H,21,25)/t12-,13+/m0/s1. The number of carbonyl (C=O) groups is 1. The molecular weight excluding hydrogens is 360 g/mol. The van der Waals surface area contributed by atoms with E-state index < -0.39 is 0 Å². The average molecular weight is 386 g/mol. The molecule has 2 aromatic heterocycles. The predicted molar refractivity (Wildman–Crippen MR) is 102 cm³/mol. The van der Waals surface area contributed by atoms with Gasteiger partial charge in [0.05, 0.1) is 31.1 Å². The zero-order valence-corrected chi connectivity index (χ0v) is 16.5. The van der Waals surface area contributed by atoms with Crippen LogP contribution in [0.4, 0.5) is 0 Å². The van der Waals surface area contributed by atoms with Crippen molar-refractivity contribution < 1.29 is 14.3 Å². The number of carbonyl (C=O) groups excluding carboxylic acids is 1. The molecule has 0 unspecified atom stereocenters. The summed E-state index contributed by atoms with van der Waals surface area (Å²) in [6, 6.07) is 3.32. The normalized spacial score (nSPS) is 21.3. The molecule has 1 N–H and O–H groups in total. The fourth-order valence-corrected chi connectivity index (χ4v) is 4.15. The van der Waals surface area contributed by atoms with Gasteiger partial charge in [-0.2, -0.15) is 5.10 Å². The van der Waals surface area contributed by atoms with Crippen LogP contribution in [0.1, 0.15) is 53.0 Å². The van der Waals surface area contributed by atoms with Gasteiger partial charge < -0.3 is 19.4 Å². The second-order valence-corrected chi connectivity index (χ2v) is 7.52. The van der Waals surface area contributed by atoms with Crippen molar-refractivity contribution in [2.45, 2.75) is 52.0 Å². The van der Waals surface area contributed by atoms with Gasteiger partial charge >= 0.3 is 0 Å². The number of aromatic nitrogens is 3. The number of amides is 1. The monoisotopic (exact) mass is 386 g/mol. The van der Waals surface area contributed by atoms with Gasteiger partial charge in [0.2, 0.25) is 5.56 Å². The zero-order chi connectivity index (χ0) is 19.8. The van der Waals surface area contributed by atoms with Crippen LogP contribution in [0.3, 0.4) is 0 Å². The third-order valence-electron chi connectivity index (χ3n) is 5.48. The molecule has 2 aliphatic heterocycles. The number of fused-ring (bicyclic) bond motifs is 2. The third kappa shape index (κ3) is 3.38. The molecule has 0 aromatic carbocycles. The smallest absolute Gasteiger partial charge is 0.272 e. The lowest BCUT2D eigenvalue weighted by molar-refractivity contribution is -0.00721. The van der Waals surface area contributed by atoms with E-state index >= 15 is 0 Å². The lowest BCUT2D eigenvalue weighted by Gasteiger charge is -2.30. The zero-order valence-electron chi connectivity index (χ0n) is 16.5. The maximum absolute atomic E-state index is 13.5. The number of ether oxygens (including phenoxy) is 2. The van der Waals surface area contributed by atoms with Gasteiger partial charge in [-0.15, -0.1) is 0 Å². The molecule has 0 saturated heterocycles. The summed E-state index contributed by atoms with van der Waals surface area (Å²) < 4.78 is 12.9. The number of methoxy groups -OCH3 is 1. The number of pyridine rings is 1. The summed E-state index contributed by atoms with van der Waals surface area (Å²) >= 11 is 0. The number of nitrogens with one attached hydrogen (secondary N) is 1. The Balaban J connectivity index is 1.68. The van der Waals surface area contributed by atoms with E-state index in [1.54, 1.807) is 11.8 Å². The van der Waals surface area contributed by atoms with E-state index in [9.17, 15) is 9.59 Å². The average Bonchev–Trinajstić information content (AvgIpc) is 3.03. The molecule has 150 valence electrons. The Morgan fingerprint density at radius 3 is 3.00 bits per heavy atom. The SMILES string of the molecule is COCCn1nc2c(c1C(=O)N1CCc3[nH]c(=O)ccc3C1)C[C@H](C)O[C@@H]2C. The van der Waals surface area contributed by atoms with Crippen LogP contribution in [0.2, 0.25) is 0 Å². The summed E-state index contributed by atoms with van der Waals surface area (Å²) in [5, 5.41) is 4.69. The van der Waals surface area contributed by atoms with Crippen molar-refractivity contribution in [3.8, 4) is 0 Å². The van der Waals surface area contributed by atoms with Crippen LogP contribution in [0.15, 0.2) is 16.9 Å². The predicted octanol–water partition coefficient (Wildman–Crippen LogP) is 1.44. The molecule has 0 saturated carbocycles. The van der Waals surface area contributed by atoms with E-state index in [1.165, 1.54) is 6.07 Å². The van der Waals surface area contributed by atoms with Gasteiger partial charge in [0.15, 0.2) is 0 Å². The molecule has 0 spiro atoms. The Hall–Kier alpha value is -2.45. The second kappa shape index (κ2) is 7.52. The van der Waals surface area contributed by atoms with Crippen molar-refractivity contribution >= 4 is 5.91 Å². The number of hydrogen-bond donors (Lipinski definition) is 1. The molecule has 8 heteroatoms. The first kappa shape index (κ1) is 18.9. The van der Waals surface area contributed by atoms with Crippen LogP contribution in [0.5, 0.6) is 0 Å². The number of nitrogens with zero attached hydrogens (tertiary/aromatic N) is 3. The molecule has 2 aliphatic rings. The van der Waals surface area contributed by atoms with Crippen molar-refractivity contribution in [2.24, 2.45) is 0 Å². The number of aromatic amines is 1. The van der Waals surface area contributed by atoms with Gasteiger partial charge in [-0.25, -0.2) is 0 Å². The van der Waals surface area contributed by atoms with Crippen molar-refractivity contribution in [3.63, 3.8) is 0 Å². The van der Waals surface area contributed by atoms with E-state index in [0.717, 1.165) is 22.5 Å². The Bertz CT molecular complexity index is 948. The van der Waals surface area contributed by atoms with Gasteiger partial charge in [0.1, 0.15) is 5.69 Å². The Morgan fingerprint density at radius 2 is 2.21 bits per heavy atom.